The lowest BCUT2D eigenvalue weighted by Crippen LogP contribution is -2.30. The largest absolute Gasteiger partial charge is 0.462 e. The van der Waals surface area contributed by atoms with Gasteiger partial charge in [0.05, 0.1) is 0 Å². The van der Waals surface area contributed by atoms with Crippen molar-refractivity contribution in [3.05, 3.63) is 85.1 Å². The molecule has 0 radical (unpaired) electrons. The van der Waals surface area contributed by atoms with Crippen molar-refractivity contribution in [2.24, 2.45) is 0 Å². The van der Waals surface area contributed by atoms with Crippen LogP contribution in [0.2, 0.25) is 0 Å². The molecule has 0 amide bonds. The lowest BCUT2D eigenvalue weighted by Gasteiger charge is -2.18. The normalized spacial score (nSPS) is 12.6. The number of esters is 3. The summed E-state index contributed by atoms with van der Waals surface area (Å²) in [6.07, 6.45) is 94.9. The van der Waals surface area contributed by atoms with Crippen molar-refractivity contribution < 1.29 is 28.6 Å². The first kappa shape index (κ1) is 79.6. The van der Waals surface area contributed by atoms with Crippen molar-refractivity contribution >= 4 is 17.9 Å². The smallest absolute Gasteiger partial charge is 0.306 e. The summed E-state index contributed by atoms with van der Waals surface area (Å²) in [5.41, 5.74) is 0. The molecule has 0 spiro atoms. The van der Waals surface area contributed by atoms with E-state index in [0.29, 0.717) is 19.3 Å². The molecule has 0 aromatic rings. The van der Waals surface area contributed by atoms with Gasteiger partial charge in [0.15, 0.2) is 6.10 Å². The van der Waals surface area contributed by atoms with Gasteiger partial charge < -0.3 is 14.2 Å². The minimum Gasteiger partial charge on any atom is -0.462 e. The van der Waals surface area contributed by atoms with Crippen molar-refractivity contribution in [2.75, 3.05) is 13.2 Å². The Kier molecular flexibility index (Phi) is 68.2. The summed E-state index contributed by atoms with van der Waals surface area (Å²) in [5.74, 6) is -0.898. The predicted molar refractivity (Wildman–Crippen MR) is 362 cm³/mol. The molecule has 480 valence electrons. The van der Waals surface area contributed by atoms with Gasteiger partial charge in [0.1, 0.15) is 13.2 Å². The molecule has 0 bridgehead atoms. The van der Waals surface area contributed by atoms with Crippen LogP contribution in [-0.4, -0.2) is 37.2 Å². The van der Waals surface area contributed by atoms with E-state index in [9.17, 15) is 14.4 Å². The summed E-state index contributed by atoms with van der Waals surface area (Å²) < 4.78 is 16.9. The average Bonchev–Trinajstić information content (AvgIpc) is 3.49. The van der Waals surface area contributed by atoms with Crippen LogP contribution in [0.5, 0.6) is 0 Å². The number of carbonyl (C=O) groups is 3. The number of allylic oxidation sites excluding steroid dienone is 14. The van der Waals surface area contributed by atoms with Gasteiger partial charge in [0, 0.05) is 19.3 Å². The summed E-state index contributed by atoms with van der Waals surface area (Å²) in [6.45, 7) is 6.53. The van der Waals surface area contributed by atoms with E-state index in [4.69, 9.17) is 14.2 Å². The zero-order valence-electron chi connectivity index (χ0n) is 55.2. The maximum absolute atomic E-state index is 12.9. The molecule has 0 saturated carbocycles. The second-order valence-corrected chi connectivity index (χ2v) is 24.1. The minimum absolute atomic E-state index is 0.0854. The van der Waals surface area contributed by atoms with E-state index in [1.54, 1.807) is 0 Å². The van der Waals surface area contributed by atoms with Crippen LogP contribution in [0.1, 0.15) is 367 Å². The Morgan fingerprint density at radius 1 is 0.253 bits per heavy atom. The summed E-state index contributed by atoms with van der Waals surface area (Å²) >= 11 is 0. The fraction of sp³-hybridized carbons (Fsp3) is 0.779. The van der Waals surface area contributed by atoms with Crippen LogP contribution in [-0.2, 0) is 28.6 Å². The van der Waals surface area contributed by atoms with Gasteiger partial charge in [0.25, 0.3) is 0 Å². The number of rotatable bonds is 66. The molecule has 0 aromatic carbocycles. The summed E-state index contributed by atoms with van der Waals surface area (Å²) in [6, 6.07) is 0. The van der Waals surface area contributed by atoms with Crippen LogP contribution in [0, 0.1) is 0 Å². The number of hydrogen-bond donors (Lipinski definition) is 0. The van der Waals surface area contributed by atoms with Gasteiger partial charge >= 0.3 is 17.9 Å². The Hall–Kier alpha value is -3.41. The molecule has 0 fully saturated rings. The number of unbranched alkanes of at least 4 members (excludes halogenated alkanes) is 41. The van der Waals surface area contributed by atoms with E-state index in [-0.39, 0.29) is 31.1 Å². The van der Waals surface area contributed by atoms with Gasteiger partial charge in [-0.1, -0.05) is 337 Å². The second kappa shape index (κ2) is 71.1. The molecule has 0 heterocycles. The van der Waals surface area contributed by atoms with Crippen molar-refractivity contribution in [3.63, 3.8) is 0 Å². The first-order chi connectivity index (χ1) is 41.0. The van der Waals surface area contributed by atoms with E-state index in [1.807, 2.05) is 0 Å². The SMILES string of the molecule is CC/C=C\C/C=C\C/C=C\C/C=C\C/C=C\CCCCCC(=O)OC(COC(=O)CCCCCCCCCCCCCCC)COC(=O)CCCCCCCCCCCCCCCCCCCCCCC/C=C\C/C=C\CCCCCCC. The molecule has 0 saturated heterocycles. The van der Waals surface area contributed by atoms with Crippen molar-refractivity contribution in [1.29, 1.82) is 0 Å². The second-order valence-electron chi connectivity index (χ2n) is 24.1. The Balaban J connectivity index is 4.19. The molecular weight excluding hydrogens is 1020 g/mol. The van der Waals surface area contributed by atoms with E-state index in [0.717, 1.165) is 103 Å². The van der Waals surface area contributed by atoms with E-state index >= 15 is 0 Å². The maximum Gasteiger partial charge on any atom is 0.306 e. The highest BCUT2D eigenvalue weighted by Gasteiger charge is 2.19. The minimum atomic E-state index is -0.793. The van der Waals surface area contributed by atoms with Crippen LogP contribution >= 0.6 is 0 Å². The molecule has 83 heavy (non-hydrogen) atoms. The zero-order valence-corrected chi connectivity index (χ0v) is 55.2. The highest BCUT2D eigenvalue weighted by Crippen LogP contribution is 2.18. The van der Waals surface area contributed by atoms with E-state index in [1.165, 1.54) is 225 Å². The summed E-state index contributed by atoms with van der Waals surface area (Å²) in [7, 11) is 0. The first-order valence-corrected chi connectivity index (χ1v) is 36.1. The van der Waals surface area contributed by atoms with E-state index < -0.39 is 6.10 Å². The highest BCUT2D eigenvalue weighted by atomic mass is 16.6. The molecule has 0 N–H and O–H groups in total. The Morgan fingerprint density at radius 3 is 0.747 bits per heavy atom. The number of hydrogen-bond acceptors (Lipinski definition) is 6. The number of ether oxygens (including phenoxy) is 3. The van der Waals surface area contributed by atoms with Gasteiger partial charge in [-0.3, -0.25) is 14.4 Å². The van der Waals surface area contributed by atoms with Gasteiger partial charge in [-0.25, -0.2) is 0 Å². The van der Waals surface area contributed by atoms with Crippen LogP contribution in [0.15, 0.2) is 85.1 Å². The third-order valence-corrected chi connectivity index (χ3v) is 15.9. The summed E-state index contributed by atoms with van der Waals surface area (Å²) in [4.78, 5) is 38.4. The lowest BCUT2D eigenvalue weighted by molar-refractivity contribution is -0.167. The van der Waals surface area contributed by atoms with Crippen molar-refractivity contribution in [2.45, 2.75) is 374 Å². The van der Waals surface area contributed by atoms with Crippen molar-refractivity contribution in [1.82, 2.24) is 0 Å². The average molecular weight is 1160 g/mol. The zero-order chi connectivity index (χ0) is 59.9. The molecular formula is C77H136O6. The van der Waals surface area contributed by atoms with Crippen LogP contribution in [0.4, 0.5) is 0 Å². The Morgan fingerprint density at radius 2 is 0.470 bits per heavy atom. The molecule has 1 atom stereocenters. The third-order valence-electron chi connectivity index (χ3n) is 15.9. The quantitative estimate of drug-likeness (QED) is 0.0261. The fourth-order valence-corrected chi connectivity index (χ4v) is 10.5. The molecule has 0 aliphatic rings. The van der Waals surface area contributed by atoms with E-state index in [2.05, 4.69) is 106 Å². The summed E-state index contributed by atoms with van der Waals surface area (Å²) in [5, 5.41) is 0. The standard InChI is InChI=1S/C77H136O6/c1-4-7-10-13-16-19-22-25-27-29-31-32-33-34-35-36-37-38-39-40-41-42-43-44-46-47-49-52-55-58-61-64-67-70-76(79)82-73-74(72-81-75(78)69-66-63-60-57-54-51-24-21-18-15-12-9-6-3)83-77(80)71-68-65-62-59-56-53-50-48-45-30-28-26-23-20-17-14-11-8-5-2/h8,11,17,20,22,25-26,28-29,31,45,48,53,56,74H,4-7,9-10,12-16,18-19,21,23-24,27,30,32-44,46-47,49-52,54-55,57-73H2,1-3H3/b11-8-,20-17-,25-22-,28-26-,31-29-,48-45-,56-53-. The monoisotopic (exact) mass is 1160 g/mol. The molecule has 6 nitrogen and oxygen atoms in total. The molecule has 0 aromatic heterocycles. The van der Waals surface area contributed by atoms with Gasteiger partial charge in [0.2, 0.25) is 0 Å². The van der Waals surface area contributed by atoms with Crippen LogP contribution < -0.4 is 0 Å². The first-order valence-electron chi connectivity index (χ1n) is 36.1. The fourth-order valence-electron chi connectivity index (χ4n) is 10.5. The van der Waals surface area contributed by atoms with Crippen LogP contribution in [0.25, 0.3) is 0 Å². The third kappa shape index (κ3) is 69.3. The van der Waals surface area contributed by atoms with Crippen molar-refractivity contribution in [3.8, 4) is 0 Å². The highest BCUT2D eigenvalue weighted by molar-refractivity contribution is 5.71. The lowest BCUT2D eigenvalue weighted by atomic mass is 10.0. The topological polar surface area (TPSA) is 78.9 Å². The predicted octanol–water partition coefficient (Wildman–Crippen LogP) is 25.0. The Bertz CT molecular complexity index is 1570. The maximum atomic E-state index is 12.9. The Labute approximate surface area is 515 Å². The molecule has 0 aliphatic carbocycles. The molecule has 0 rings (SSSR count). The van der Waals surface area contributed by atoms with Gasteiger partial charge in [-0.05, 0) is 96.3 Å². The molecule has 1 unspecified atom stereocenters. The van der Waals surface area contributed by atoms with Gasteiger partial charge in [-0.15, -0.1) is 0 Å². The molecule has 6 heteroatoms. The number of carbonyl (C=O) groups excluding carboxylic acids is 3. The van der Waals surface area contributed by atoms with Crippen LogP contribution in [0.3, 0.4) is 0 Å². The molecule has 0 aliphatic heterocycles. The van der Waals surface area contributed by atoms with Gasteiger partial charge in [-0.2, -0.15) is 0 Å².